The summed E-state index contributed by atoms with van der Waals surface area (Å²) in [5.74, 6) is 0.681. The lowest BCUT2D eigenvalue weighted by molar-refractivity contribution is 0.215. The van der Waals surface area contributed by atoms with Crippen LogP contribution in [0, 0.1) is 0 Å². The van der Waals surface area contributed by atoms with Crippen molar-refractivity contribution in [2.45, 2.75) is 0 Å². The molecular formula is C13H12BrN3O3. The zero-order valence-corrected chi connectivity index (χ0v) is 12.2. The zero-order valence-electron chi connectivity index (χ0n) is 10.6. The number of amides is 2. The number of halogens is 1. The summed E-state index contributed by atoms with van der Waals surface area (Å²) in [4.78, 5) is 15.8. The molecule has 1 aromatic heterocycles. The van der Waals surface area contributed by atoms with Gasteiger partial charge in [-0.2, -0.15) is 5.06 Å². The molecule has 2 N–H and O–H groups in total. The van der Waals surface area contributed by atoms with Gasteiger partial charge in [0, 0.05) is 5.69 Å². The molecule has 0 aliphatic rings. The molecule has 0 atom stereocenters. The second kappa shape index (κ2) is 6.36. The number of nitrogens with one attached hydrogen (secondary N) is 1. The van der Waals surface area contributed by atoms with Crippen molar-refractivity contribution in [2.75, 3.05) is 17.5 Å². The van der Waals surface area contributed by atoms with E-state index in [-0.39, 0.29) is 5.69 Å². The maximum atomic E-state index is 11.8. The van der Waals surface area contributed by atoms with Crippen molar-refractivity contribution in [2.24, 2.45) is 0 Å². The smallest absolute Gasteiger partial charge is 0.350 e. The van der Waals surface area contributed by atoms with Crippen LogP contribution in [0.25, 0.3) is 0 Å². The summed E-state index contributed by atoms with van der Waals surface area (Å²) in [6.07, 6.45) is 1.37. The third-order valence-electron chi connectivity index (χ3n) is 2.49. The Morgan fingerprint density at radius 1 is 1.30 bits per heavy atom. The molecule has 2 aromatic rings. The molecule has 0 saturated heterocycles. The molecule has 6 nitrogen and oxygen atoms in total. The molecule has 0 unspecified atom stereocenters. The third-order valence-corrected chi connectivity index (χ3v) is 2.96. The normalized spacial score (nSPS) is 9.95. The van der Waals surface area contributed by atoms with Gasteiger partial charge < -0.3 is 10.1 Å². The summed E-state index contributed by atoms with van der Waals surface area (Å²) in [5, 5.41) is 12.8. The van der Waals surface area contributed by atoms with Crippen molar-refractivity contribution in [3.05, 3.63) is 47.2 Å². The van der Waals surface area contributed by atoms with Crippen LogP contribution in [0.15, 0.2) is 47.2 Å². The highest BCUT2D eigenvalue weighted by atomic mass is 79.9. The Morgan fingerprint density at radius 3 is 2.55 bits per heavy atom. The van der Waals surface area contributed by atoms with Crippen molar-refractivity contribution in [1.29, 1.82) is 0 Å². The minimum atomic E-state index is -0.681. The maximum Gasteiger partial charge on any atom is 0.350 e. The highest BCUT2D eigenvalue weighted by Crippen LogP contribution is 2.18. The Hall–Kier alpha value is -2.12. The van der Waals surface area contributed by atoms with Crippen molar-refractivity contribution in [3.8, 4) is 5.75 Å². The van der Waals surface area contributed by atoms with E-state index in [1.54, 1.807) is 43.5 Å². The number of nitrogens with zero attached hydrogens (tertiary/aromatic N) is 2. The van der Waals surface area contributed by atoms with E-state index in [1.807, 2.05) is 0 Å². The summed E-state index contributed by atoms with van der Waals surface area (Å²) in [5.41, 5.74) is 0.805. The van der Waals surface area contributed by atoms with E-state index < -0.39 is 6.03 Å². The summed E-state index contributed by atoms with van der Waals surface area (Å²) >= 11 is 3.18. The van der Waals surface area contributed by atoms with E-state index >= 15 is 0 Å². The number of anilines is 2. The van der Waals surface area contributed by atoms with Gasteiger partial charge in [-0.15, -0.1) is 0 Å². The number of hydrogen-bond acceptors (Lipinski definition) is 4. The van der Waals surface area contributed by atoms with Crippen LogP contribution >= 0.6 is 15.9 Å². The maximum absolute atomic E-state index is 11.8. The molecule has 0 bridgehead atoms. The molecule has 0 spiro atoms. The van der Waals surface area contributed by atoms with Crippen LogP contribution in [-0.2, 0) is 0 Å². The number of methoxy groups -OCH3 is 1. The van der Waals surface area contributed by atoms with Crippen molar-refractivity contribution >= 4 is 33.3 Å². The van der Waals surface area contributed by atoms with E-state index in [1.165, 1.54) is 6.20 Å². The first-order chi connectivity index (χ1) is 9.60. The van der Waals surface area contributed by atoms with E-state index in [2.05, 4.69) is 26.2 Å². The van der Waals surface area contributed by atoms with Crippen LogP contribution in [0.5, 0.6) is 5.75 Å². The zero-order chi connectivity index (χ0) is 14.5. The topological polar surface area (TPSA) is 74.7 Å². The van der Waals surface area contributed by atoms with Crippen LogP contribution in [0.4, 0.5) is 16.2 Å². The SMILES string of the molecule is COc1ccc(NC(=O)N(O)c2ccc(Br)nc2)cc1. The second-order valence-electron chi connectivity index (χ2n) is 3.81. The average molecular weight is 338 g/mol. The number of benzene rings is 1. The molecule has 1 heterocycles. The number of hydroxylamine groups is 1. The van der Waals surface area contributed by atoms with Crippen LogP contribution in [0.2, 0.25) is 0 Å². The number of carbonyl (C=O) groups is 1. The van der Waals surface area contributed by atoms with E-state index in [0.29, 0.717) is 21.1 Å². The molecule has 0 aliphatic carbocycles. The fourth-order valence-electron chi connectivity index (χ4n) is 1.46. The average Bonchev–Trinajstić information content (AvgIpc) is 2.48. The number of rotatable bonds is 3. The van der Waals surface area contributed by atoms with Gasteiger partial charge in [0.05, 0.1) is 19.0 Å². The summed E-state index contributed by atoms with van der Waals surface area (Å²) in [6.45, 7) is 0. The highest BCUT2D eigenvalue weighted by Gasteiger charge is 2.13. The van der Waals surface area contributed by atoms with Gasteiger partial charge in [0.2, 0.25) is 0 Å². The molecule has 0 fully saturated rings. The van der Waals surface area contributed by atoms with Gasteiger partial charge >= 0.3 is 6.03 Å². The molecular weight excluding hydrogens is 326 g/mol. The summed E-state index contributed by atoms with van der Waals surface area (Å²) < 4.78 is 5.63. The lowest BCUT2D eigenvalue weighted by Crippen LogP contribution is -2.31. The van der Waals surface area contributed by atoms with Crippen molar-refractivity contribution in [1.82, 2.24) is 4.98 Å². The van der Waals surface area contributed by atoms with Gasteiger partial charge in [0.1, 0.15) is 10.4 Å². The van der Waals surface area contributed by atoms with Gasteiger partial charge in [-0.3, -0.25) is 5.21 Å². The molecule has 20 heavy (non-hydrogen) atoms. The number of pyridine rings is 1. The fraction of sp³-hybridized carbons (Fsp3) is 0.0769. The predicted octanol–water partition coefficient (Wildman–Crippen LogP) is 3.28. The fourth-order valence-corrected chi connectivity index (χ4v) is 1.70. The van der Waals surface area contributed by atoms with E-state index in [0.717, 1.165) is 0 Å². The van der Waals surface area contributed by atoms with Crippen LogP contribution in [0.3, 0.4) is 0 Å². The molecule has 0 saturated carbocycles. The number of urea groups is 1. The number of ether oxygens (including phenoxy) is 1. The third kappa shape index (κ3) is 3.46. The van der Waals surface area contributed by atoms with Crippen molar-refractivity contribution < 1.29 is 14.7 Å². The molecule has 2 amide bonds. The largest absolute Gasteiger partial charge is 0.497 e. The lowest BCUT2D eigenvalue weighted by atomic mass is 10.3. The monoisotopic (exact) mass is 337 g/mol. The number of carbonyl (C=O) groups excluding carboxylic acids is 1. The Labute approximate surface area is 124 Å². The van der Waals surface area contributed by atoms with E-state index in [9.17, 15) is 10.0 Å². The van der Waals surface area contributed by atoms with Crippen LogP contribution in [-0.4, -0.2) is 23.3 Å². The number of aromatic nitrogens is 1. The van der Waals surface area contributed by atoms with Crippen LogP contribution < -0.4 is 15.1 Å². The van der Waals surface area contributed by atoms with E-state index in [4.69, 9.17) is 4.74 Å². The van der Waals surface area contributed by atoms with Crippen LogP contribution in [0.1, 0.15) is 0 Å². The quantitative estimate of drug-likeness (QED) is 0.512. The molecule has 7 heteroatoms. The first-order valence-electron chi connectivity index (χ1n) is 5.66. The highest BCUT2D eigenvalue weighted by molar-refractivity contribution is 9.10. The first kappa shape index (κ1) is 14.3. The van der Waals surface area contributed by atoms with Gasteiger partial charge in [0.25, 0.3) is 0 Å². The minimum absolute atomic E-state index is 0.263. The Morgan fingerprint density at radius 2 is 2.00 bits per heavy atom. The van der Waals surface area contributed by atoms with Gasteiger partial charge in [0.15, 0.2) is 0 Å². The van der Waals surface area contributed by atoms with Crippen molar-refractivity contribution in [3.63, 3.8) is 0 Å². The first-order valence-corrected chi connectivity index (χ1v) is 6.45. The molecule has 1 aromatic carbocycles. The molecule has 0 radical (unpaired) electrons. The number of hydrogen-bond donors (Lipinski definition) is 2. The Balaban J connectivity index is 2.05. The van der Waals surface area contributed by atoms with Gasteiger partial charge in [-0.05, 0) is 52.3 Å². The molecule has 104 valence electrons. The predicted molar refractivity (Wildman–Crippen MR) is 78.2 cm³/mol. The Bertz CT molecular complexity index is 587. The Kier molecular flexibility index (Phi) is 4.54. The molecule has 0 aliphatic heterocycles. The second-order valence-corrected chi connectivity index (χ2v) is 4.62. The van der Waals surface area contributed by atoms with Gasteiger partial charge in [-0.25, -0.2) is 9.78 Å². The van der Waals surface area contributed by atoms with Gasteiger partial charge in [-0.1, -0.05) is 0 Å². The summed E-state index contributed by atoms with van der Waals surface area (Å²) in [6, 6.07) is 9.26. The molecule has 2 rings (SSSR count). The summed E-state index contributed by atoms with van der Waals surface area (Å²) in [7, 11) is 1.56. The minimum Gasteiger partial charge on any atom is -0.497 e. The lowest BCUT2D eigenvalue weighted by Gasteiger charge is -2.15. The standard InChI is InChI=1S/C13H12BrN3O3/c1-20-11-5-2-9(3-6-11)16-13(18)17(19)10-4-7-12(14)15-8-10/h2-8,19H,1H3,(H,16,18).